The highest BCUT2D eigenvalue weighted by molar-refractivity contribution is 5.68. The number of rotatable bonds is 4. The van der Waals surface area contributed by atoms with Crippen molar-refractivity contribution in [3.63, 3.8) is 0 Å². The maximum atomic E-state index is 11.8. The number of carbonyl (C=O) groups excluding carboxylic acids is 1. The molecule has 0 aliphatic heterocycles. The zero-order valence-corrected chi connectivity index (χ0v) is 14.6. The van der Waals surface area contributed by atoms with Gasteiger partial charge in [-0.05, 0) is 52.2 Å². The first-order valence-electron chi connectivity index (χ1n) is 8.14. The van der Waals surface area contributed by atoms with E-state index in [1.807, 2.05) is 33.8 Å². The lowest BCUT2D eigenvalue weighted by molar-refractivity contribution is -0.384. The van der Waals surface area contributed by atoms with Crippen LogP contribution in [0, 0.1) is 17.0 Å². The van der Waals surface area contributed by atoms with Crippen molar-refractivity contribution < 1.29 is 14.5 Å². The highest BCUT2D eigenvalue weighted by Gasteiger charge is 2.29. The number of hydrogen-bond acceptors (Lipinski definition) is 5. The number of benzene rings is 1. The number of hydrogen-bond donors (Lipinski definition) is 2. The van der Waals surface area contributed by atoms with E-state index in [0.717, 1.165) is 18.4 Å². The fraction of sp³-hybridized carbons (Fsp3) is 0.588. The monoisotopic (exact) mass is 335 g/mol. The molecule has 0 bridgehead atoms. The zero-order chi connectivity index (χ0) is 17.9. The van der Waals surface area contributed by atoms with E-state index >= 15 is 0 Å². The molecule has 0 aromatic heterocycles. The molecule has 2 atom stereocenters. The van der Waals surface area contributed by atoms with Crippen molar-refractivity contribution in [1.29, 1.82) is 0 Å². The summed E-state index contributed by atoms with van der Waals surface area (Å²) < 4.78 is 5.43. The minimum atomic E-state index is -0.422. The van der Waals surface area contributed by atoms with Crippen molar-refractivity contribution >= 4 is 17.5 Å². The molecule has 2 rings (SSSR count). The van der Waals surface area contributed by atoms with Gasteiger partial charge in [-0.2, -0.15) is 0 Å². The van der Waals surface area contributed by atoms with Gasteiger partial charge in [-0.3, -0.25) is 10.1 Å². The third-order valence-corrected chi connectivity index (χ3v) is 3.84. The quantitative estimate of drug-likeness (QED) is 0.645. The lowest BCUT2D eigenvalue weighted by Crippen LogP contribution is -2.42. The van der Waals surface area contributed by atoms with Gasteiger partial charge >= 0.3 is 6.09 Å². The molecule has 1 aliphatic rings. The molecule has 24 heavy (non-hydrogen) atoms. The molecule has 0 heterocycles. The van der Waals surface area contributed by atoms with Crippen molar-refractivity contribution in [2.45, 2.75) is 64.6 Å². The predicted molar refractivity (Wildman–Crippen MR) is 92.3 cm³/mol. The van der Waals surface area contributed by atoms with Crippen LogP contribution in [0.15, 0.2) is 18.2 Å². The molecular weight excluding hydrogens is 310 g/mol. The maximum absolute atomic E-state index is 11.8. The SMILES string of the molecule is Cc1ccc(NC2CCC(OC(=O)NC(C)(C)C)C2)c([N+](=O)[O-])c1. The van der Waals surface area contributed by atoms with E-state index in [1.165, 1.54) is 0 Å². The first-order chi connectivity index (χ1) is 11.1. The smallest absolute Gasteiger partial charge is 0.407 e. The Kier molecular flexibility index (Phi) is 5.31. The van der Waals surface area contributed by atoms with Crippen LogP contribution in [0.25, 0.3) is 0 Å². The third-order valence-electron chi connectivity index (χ3n) is 3.84. The summed E-state index contributed by atoms with van der Waals surface area (Å²) in [5.74, 6) is 0. The molecule has 1 aliphatic carbocycles. The number of amides is 1. The first-order valence-corrected chi connectivity index (χ1v) is 8.14. The minimum Gasteiger partial charge on any atom is -0.446 e. The number of nitrogens with zero attached hydrogens (tertiary/aromatic N) is 1. The predicted octanol–water partition coefficient (Wildman–Crippen LogP) is 3.76. The van der Waals surface area contributed by atoms with Crippen molar-refractivity contribution in [3.8, 4) is 0 Å². The van der Waals surface area contributed by atoms with Gasteiger partial charge in [0.25, 0.3) is 5.69 Å². The Morgan fingerprint density at radius 2 is 2.04 bits per heavy atom. The van der Waals surface area contributed by atoms with Crippen LogP contribution in [0.5, 0.6) is 0 Å². The second-order valence-electron chi connectivity index (χ2n) is 7.33. The molecule has 1 aromatic rings. The number of alkyl carbamates (subject to hydrolysis) is 1. The van der Waals surface area contributed by atoms with Gasteiger partial charge in [-0.1, -0.05) is 6.07 Å². The van der Waals surface area contributed by atoms with Gasteiger partial charge in [0.15, 0.2) is 0 Å². The number of ether oxygens (including phenoxy) is 1. The van der Waals surface area contributed by atoms with E-state index in [-0.39, 0.29) is 28.3 Å². The van der Waals surface area contributed by atoms with Crippen LogP contribution in [0.2, 0.25) is 0 Å². The molecule has 7 heteroatoms. The second kappa shape index (κ2) is 7.07. The Bertz CT molecular complexity index is 625. The number of carbonyl (C=O) groups is 1. The summed E-state index contributed by atoms with van der Waals surface area (Å²) in [5.41, 5.74) is 1.09. The Labute approximate surface area is 141 Å². The lowest BCUT2D eigenvalue weighted by Gasteiger charge is -2.22. The molecule has 1 aromatic carbocycles. The summed E-state index contributed by atoms with van der Waals surface area (Å²) >= 11 is 0. The summed E-state index contributed by atoms with van der Waals surface area (Å²) in [5, 5.41) is 17.2. The van der Waals surface area contributed by atoms with Gasteiger partial charge in [-0.15, -0.1) is 0 Å². The van der Waals surface area contributed by atoms with Crippen LogP contribution in [0.1, 0.15) is 45.6 Å². The number of aryl methyl sites for hydroxylation is 1. The molecule has 1 fully saturated rings. The van der Waals surface area contributed by atoms with Crippen molar-refractivity contribution in [1.82, 2.24) is 5.32 Å². The third kappa shape index (κ3) is 5.11. The average Bonchev–Trinajstić information content (AvgIpc) is 2.85. The maximum Gasteiger partial charge on any atom is 0.407 e. The summed E-state index contributed by atoms with van der Waals surface area (Å²) in [6.07, 6.45) is 1.60. The van der Waals surface area contributed by atoms with Gasteiger partial charge in [0, 0.05) is 24.1 Å². The Balaban J connectivity index is 1.93. The lowest BCUT2D eigenvalue weighted by atomic mass is 10.1. The minimum absolute atomic E-state index is 0.0545. The Morgan fingerprint density at radius 3 is 2.67 bits per heavy atom. The fourth-order valence-corrected chi connectivity index (χ4v) is 2.80. The van der Waals surface area contributed by atoms with E-state index in [4.69, 9.17) is 4.74 Å². The van der Waals surface area contributed by atoms with Crippen molar-refractivity contribution in [2.75, 3.05) is 5.32 Å². The van der Waals surface area contributed by atoms with Crippen LogP contribution >= 0.6 is 0 Å². The standard InChI is InChI=1S/C17H25N3O4/c1-11-5-8-14(15(9-11)20(22)23)18-12-6-7-13(10-12)24-16(21)19-17(2,3)4/h5,8-9,12-13,18H,6-7,10H2,1-4H3,(H,19,21). The molecule has 7 nitrogen and oxygen atoms in total. The molecule has 0 spiro atoms. The molecule has 132 valence electrons. The van der Waals surface area contributed by atoms with Gasteiger partial charge in [-0.25, -0.2) is 4.79 Å². The van der Waals surface area contributed by atoms with Crippen LogP contribution in [-0.4, -0.2) is 28.7 Å². The Morgan fingerprint density at radius 1 is 1.33 bits per heavy atom. The van der Waals surface area contributed by atoms with E-state index in [0.29, 0.717) is 12.1 Å². The molecule has 0 radical (unpaired) electrons. The van der Waals surface area contributed by atoms with E-state index < -0.39 is 6.09 Å². The molecule has 1 saturated carbocycles. The van der Waals surface area contributed by atoms with Crippen LogP contribution in [0.4, 0.5) is 16.2 Å². The normalized spacial score (nSPS) is 20.5. The topological polar surface area (TPSA) is 93.5 Å². The van der Waals surface area contributed by atoms with E-state index in [1.54, 1.807) is 12.1 Å². The van der Waals surface area contributed by atoms with Gasteiger partial charge in [0.05, 0.1) is 4.92 Å². The Hall–Kier alpha value is -2.31. The average molecular weight is 335 g/mol. The van der Waals surface area contributed by atoms with Crippen molar-refractivity contribution in [2.24, 2.45) is 0 Å². The second-order valence-corrected chi connectivity index (χ2v) is 7.33. The molecular formula is C17H25N3O4. The summed E-state index contributed by atoms with van der Waals surface area (Å²) in [7, 11) is 0. The highest BCUT2D eigenvalue weighted by Crippen LogP contribution is 2.30. The number of nitro groups is 1. The largest absolute Gasteiger partial charge is 0.446 e. The fourth-order valence-electron chi connectivity index (χ4n) is 2.80. The summed E-state index contributed by atoms with van der Waals surface area (Å²) in [6.45, 7) is 7.50. The van der Waals surface area contributed by atoms with Crippen molar-refractivity contribution in [3.05, 3.63) is 33.9 Å². The molecule has 2 N–H and O–H groups in total. The summed E-state index contributed by atoms with van der Waals surface area (Å²) in [6, 6.07) is 5.18. The van der Waals surface area contributed by atoms with E-state index in [2.05, 4.69) is 10.6 Å². The highest BCUT2D eigenvalue weighted by atomic mass is 16.6. The van der Waals surface area contributed by atoms with Crippen LogP contribution in [0.3, 0.4) is 0 Å². The molecule has 2 unspecified atom stereocenters. The van der Waals surface area contributed by atoms with Crippen LogP contribution in [-0.2, 0) is 4.74 Å². The number of nitro benzene ring substituents is 1. The first kappa shape index (κ1) is 18.0. The van der Waals surface area contributed by atoms with Crippen LogP contribution < -0.4 is 10.6 Å². The van der Waals surface area contributed by atoms with E-state index in [9.17, 15) is 14.9 Å². The van der Waals surface area contributed by atoms with Gasteiger partial charge < -0.3 is 15.4 Å². The van der Waals surface area contributed by atoms with Gasteiger partial charge in [0.1, 0.15) is 11.8 Å². The number of anilines is 1. The number of nitrogens with one attached hydrogen (secondary N) is 2. The summed E-state index contributed by atoms with van der Waals surface area (Å²) in [4.78, 5) is 22.6. The molecule has 1 amide bonds. The van der Waals surface area contributed by atoms with Gasteiger partial charge in [0.2, 0.25) is 0 Å². The zero-order valence-electron chi connectivity index (χ0n) is 14.6. The molecule has 0 saturated heterocycles.